The summed E-state index contributed by atoms with van der Waals surface area (Å²) < 4.78 is 31.4. The van der Waals surface area contributed by atoms with Crippen molar-refractivity contribution in [2.24, 2.45) is 5.84 Å². The van der Waals surface area contributed by atoms with E-state index in [-0.39, 0.29) is 26.5 Å². The molecule has 1 aromatic heterocycles. The molecular weight excluding hydrogens is 329 g/mol. The Labute approximate surface area is 123 Å². The molecule has 20 heavy (non-hydrogen) atoms. The third-order valence-electron chi connectivity index (χ3n) is 2.35. The van der Waals surface area contributed by atoms with Gasteiger partial charge in [-0.1, -0.05) is 29.3 Å². The zero-order chi connectivity index (χ0) is 14.9. The highest BCUT2D eigenvalue weighted by Gasteiger charge is 2.18. The van der Waals surface area contributed by atoms with E-state index in [1.165, 1.54) is 12.1 Å². The van der Waals surface area contributed by atoms with Crippen molar-refractivity contribution in [2.45, 2.75) is 4.90 Å². The van der Waals surface area contributed by atoms with Crippen molar-refractivity contribution in [3.05, 3.63) is 28.4 Å². The van der Waals surface area contributed by atoms with E-state index in [1.54, 1.807) is 0 Å². The fraction of sp³-hybridized carbons (Fsp3) is 0. The van der Waals surface area contributed by atoms with Crippen LogP contribution in [0.15, 0.2) is 23.1 Å². The molecule has 0 spiro atoms. The van der Waals surface area contributed by atoms with Crippen molar-refractivity contribution in [1.29, 1.82) is 0 Å². The predicted molar refractivity (Wildman–Crippen MR) is 72.9 cm³/mol. The van der Waals surface area contributed by atoms with Crippen molar-refractivity contribution in [2.75, 3.05) is 5.43 Å². The molecule has 0 aliphatic heterocycles. The molecule has 1 aromatic carbocycles. The van der Waals surface area contributed by atoms with Crippen LogP contribution >= 0.6 is 23.2 Å². The number of hydrogen-bond donors (Lipinski definition) is 3. The quantitative estimate of drug-likeness (QED) is 0.435. The summed E-state index contributed by atoms with van der Waals surface area (Å²) in [4.78, 5) is -0.381. The summed E-state index contributed by atoms with van der Waals surface area (Å²) in [6.45, 7) is 0. The van der Waals surface area contributed by atoms with E-state index in [9.17, 15) is 8.42 Å². The van der Waals surface area contributed by atoms with Gasteiger partial charge in [0.1, 0.15) is 15.6 Å². The lowest BCUT2D eigenvalue weighted by Gasteiger charge is -2.09. The molecule has 0 amide bonds. The zero-order valence-electron chi connectivity index (χ0n) is 9.58. The number of hydrazine groups is 1. The molecule has 0 radical (unpaired) electrons. The predicted octanol–water partition coefficient (Wildman–Crippen LogP) is 1.38. The molecular formula is C9H7Cl2N5O3S. The van der Waals surface area contributed by atoms with E-state index >= 15 is 0 Å². The minimum absolute atomic E-state index is 0.0317. The van der Waals surface area contributed by atoms with Gasteiger partial charge >= 0.3 is 0 Å². The minimum Gasteiger partial charge on any atom is -0.323 e. The third-order valence-corrected chi connectivity index (χ3v) is 3.98. The van der Waals surface area contributed by atoms with Gasteiger partial charge in [0.05, 0.1) is 5.69 Å². The molecule has 2 aromatic rings. The van der Waals surface area contributed by atoms with Gasteiger partial charge in [0, 0.05) is 5.56 Å². The number of nitrogens with zero attached hydrogens (tertiary/aromatic N) is 3. The van der Waals surface area contributed by atoms with Crippen LogP contribution in [-0.4, -0.2) is 28.4 Å². The second-order valence-corrected chi connectivity index (χ2v) is 5.70. The maximum atomic E-state index is 11.2. The Hall–Kier alpha value is -1.52. The smallest absolute Gasteiger partial charge is 0.296 e. The van der Waals surface area contributed by atoms with Gasteiger partial charge in [-0.05, 0) is 17.3 Å². The Balaban J connectivity index is 2.64. The molecule has 11 heteroatoms. The maximum absolute atomic E-state index is 11.2. The van der Waals surface area contributed by atoms with Gasteiger partial charge in [-0.3, -0.25) is 10.4 Å². The molecule has 0 aliphatic carbocycles. The Morgan fingerprint density at radius 1 is 1.25 bits per heavy atom. The average Bonchev–Trinajstić information content (AvgIpc) is 2.40. The van der Waals surface area contributed by atoms with Crippen molar-refractivity contribution in [3.63, 3.8) is 0 Å². The first-order valence-electron chi connectivity index (χ1n) is 4.97. The van der Waals surface area contributed by atoms with Crippen molar-refractivity contribution >= 4 is 39.0 Å². The second-order valence-electron chi connectivity index (χ2n) is 3.57. The highest BCUT2D eigenvalue weighted by atomic mass is 35.5. The summed E-state index contributed by atoms with van der Waals surface area (Å²) >= 11 is 11.7. The first-order chi connectivity index (χ1) is 9.34. The van der Waals surface area contributed by atoms with Crippen molar-refractivity contribution < 1.29 is 13.0 Å². The Morgan fingerprint density at radius 3 is 2.55 bits per heavy atom. The fourth-order valence-electron chi connectivity index (χ4n) is 1.49. The summed E-state index contributed by atoms with van der Waals surface area (Å²) in [6.07, 6.45) is 0. The molecule has 1 heterocycles. The van der Waals surface area contributed by atoms with Gasteiger partial charge in [-0.2, -0.15) is 8.42 Å². The van der Waals surface area contributed by atoms with Crippen LogP contribution in [0.1, 0.15) is 0 Å². The van der Waals surface area contributed by atoms with Crippen LogP contribution in [0.3, 0.4) is 0 Å². The number of nitrogens with one attached hydrogen (secondary N) is 1. The molecule has 0 fully saturated rings. The minimum atomic E-state index is -4.41. The topological polar surface area (TPSA) is 131 Å². The summed E-state index contributed by atoms with van der Waals surface area (Å²) in [6, 6.07) is 3.84. The molecule has 0 bridgehead atoms. The van der Waals surface area contributed by atoms with Crippen LogP contribution in [0.2, 0.25) is 10.2 Å². The van der Waals surface area contributed by atoms with E-state index < -0.39 is 10.1 Å². The van der Waals surface area contributed by atoms with E-state index in [2.05, 4.69) is 20.8 Å². The summed E-state index contributed by atoms with van der Waals surface area (Å²) in [5.41, 5.74) is 2.73. The van der Waals surface area contributed by atoms with E-state index in [1.807, 2.05) is 0 Å². The van der Waals surface area contributed by atoms with Crippen molar-refractivity contribution in [1.82, 2.24) is 15.4 Å². The third kappa shape index (κ3) is 2.81. The number of rotatable bonds is 3. The van der Waals surface area contributed by atoms with Gasteiger partial charge in [-0.15, -0.1) is 10.2 Å². The maximum Gasteiger partial charge on any atom is 0.296 e. The molecule has 0 atom stereocenters. The van der Waals surface area contributed by atoms with Crippen LogP contribution in [0.5, 0.6) is 0 Å². The van der Waals surface area contributed by atoms with Gasteiger partial charge in [0.2, 0.25) is 0 Å². The van der Waals surface area contributed by atoms with E-state index in [4.69, 9.17) is 33.6 Å². The van der Waals surface area contributed by atoms with Gasteiger partial charge in [0.15, 0.2) is 5.15 Å². The summed E-state index contributed by atoms with van der Waals surface area (Å²) in [5.74, 6) is 5.23. The molecule has 0 aliphatic rings. The number of nitrogen functional groups attached to an aromatic ring is 1. The SMILES string of the molecule is NNc1cc(-c2nnnc(Cl)c2Cl)ccc1S(=O)(=O)O. The molecule has 0 saturated carbocycles. The summed E-state index contributed by atoms with van der Waals surface area (Å²) in [7, 11) is -4.41. The lowest BCUT2D eigenvalue weighted by Crippen LogP contribution is -2.12. The Morgan fingerprint density at radius 2 is 1.95 bits per heavy atom. The van der Waals surface area contributed by atoms with Gasteiger partial charge in [0.25, 0.3) is 10.1 Å². The zero-order valence-corrected chi connectivity index (χ0v) is 11.9. The van der Waals surface area contributed by atoms with Crippen LogP contribution in [-0.2, 0) is 10.1 Å². The number of aromatic nitrogens is 3. The largest absolute Gasteiger partial charge is 0.323 e. The van der Waals surface area contributed by atoms with Crippen LogP contribution in [0.4, 0.5) is 5.69 Å². The van der Waals surface area contributed by atoms with Crippen LogP contribution < -0.4 is 11.3 Å². The number of halogens is 2. The standard InChI is InChI=1S/C9H7Cl2N5O3S/c10-7-8(14-16-15-9(7)11)4-1-2-6(20(17,18)19)5(3-4)13-12/h1-3,13H,12H2,(H,17,18,19). The Bertz CT molecular complexity index is 768. The van der Waals surface area contributed by atoms with Crippen LogP contribution in [0, 0.1) is 0 Å². The van der Waals surface area contributed by atoms with E-state index in [0.29, 0.717) is 5.56 Å². The second kappa shape index (κ2) is 5.46. The molecule has 0 unspecified atom stereocenters. The van der Waals surface area contributed by atoms with Gasteiger partial charge in [-0.25, -0.2) is 0 Å². The van der Waals surface area contributed by atoms with Crippen LogP contribution in [0.25, 0.3) is 11.3 Å². The first kappa shape index (κ1) is 14.9. The first-order valence-corrected chi connectivity index (χ1v) is 7.17. The monoisotopic (exact) mass is 335 g/mol. The normalized spacial score (nSPS) is 11.4. The van der Waals surface area contributed by atoms with Crippen molar-refractivity contribution in [3.8, 4) is 11.3 Å². The summed E-state index contributed by atoms with van der Waals surface area (Å²) in [5, 5.41) is 10.6. The average molecular weight is 336 g/mol. The number of benzene rings is 1. The molecule has 106 valence electrons. The highest BCUT2D eigenvalue weighted by molar-refractivity contribution is 7.86. The number of nitrogens with two attached hydrogens (primary N) is 1. The number of hydrogen-bond acceptors (Lipinski definition) is 7. The molecule has 2 rings (SSSR count). The number of anilines is 1. The molecule has 0 saturated heterocycles. The van der Waals surface area contributed by atoms with E-state index in [0.717, 1.165) is 6.07 Å². The molecule has 4 N–H and O–H groups in total. The fourth-order valence-corrected chi connectivity index (χ4v) is 2.44. The highest BCUT2D eigenvalue weighted by Crippen LogP contribution is 2.32. The van der Waals surface area contributed by atoms with Gasteiger partial charge < -0.3 is 5.43 Å². The lowest BCUT2D eigenvalue weighted by molar-refractivity contribution is 0.483. The Kier molecular flexibility index (Phi) is 4.06. The molecule has 8 nitrogen and oxygen atoms in total. The lowest BCUT2D eigenvalue weighted by atomic mass is 10.1.